The quantitative estimate of drug-likeness (QED) is 0.151. The molecule has 0 radical (unpaired) electrons. The second kappa shape index (κ2) is 15.2. The highest BCUT2D eigenvalue weighted by atomic mass is 32.2. The summed E-state index contributed by atoms with van der Waals surface area (Å²) < 4.78 is 70.5. The number of sulfonamides is 1. The second-order valence-corrected chi connectivity index (χ2v) is 10.2. The van der Waals surface area contributed by atoms with E-state index in [4.69, 9.17) is 20.1 Å². The van der Waals surface area contributed by atoms with Gasteiger partial charge in [-0.15, -0.1) is 13.2 Å². The number of halogens is 3. The van der Waals surface area contributed by atoms with Gasteiger partial charge in [-0.3, -0.25) is 4.79 Å². The molecule has 0 fully saturated rings. The molecular weight excluding hydrogens is 573 g/mol. The molecule has 1 heterocycles. The first-order valence-corrected chi connectivity index (χ1v) is 13.8. The summed E-state index contributed by atoms with van der Waals surface area (Å²) in [4.78, 5) is 31.5. The lowest BCUT2D eigenvalue weighted by atomic mass is 10.0. The van der Waals surface area contributed by atoms with Crippen molar-refractivity contribution in [1.82, 2.24) is 5.32 Å². The van der Waals surface area contributed by atoms with Gasteiger partial charge in [0.1, 0.15) is 16.4 Å². The molecular formula is C26H29F3N2O9S. The van der Waals surface area contributed by atoms with Gasteiger partial charge in [0, 0.05) is 30.6 Å². The summed E-state index contributed by atoms with van der Waals surface area (Å²) in [6, 6.07) is 8.91. The zero-order chi connectivity index (χ0) is 30.6. The second-order valence-electron chi connectivity index (χ2n) is 8.65. The minimum absolute atomic E-state index is 0.169. The standard InChI is InChI=1S/C22H25F3N2O5S.C4H4O4/c23-22(24,25)32-19-7-2-1-5-15(19)8-11-27-10-4-3-6-18(28)17-13-16-9-12-31-21(16)20(14-17)33(26,29)30;5-3(6)1-2-4(7)8/h1-2,5,7,13-14,27H,3-4,6,8-12H2,(H2,26,29,30);1-2H,(H,5,6)(H,7,8)/b;2-1-. The van der Waals surface area contributed by atoms with Crippen LogP contribution in [0.25, 0.3) is 0 Å². The van der Waals surface area contributed by atoms with E-state index in [1.54, 1.807) is 18.2 Å². The van der Waals surface area contributed by atoms with E-state index in [1.807, 2.05) is 0 Å². The van der Waals surface area contributed by atoms with Crippen LogP contribution in [-0.4, -0.2) is 62.4 Å². The minimum atomic E-state index is -4.74. The molecule has 0 aliphatic carbocycles. The average Bonchev–Trinajstić information content (AvgIpc) is 3.34. The number of benzene rings is 2. The molecule has 0 atom stereocenters. The molecule has 15 heteroatoms. The van der Waals surface area contributed by atoms with Crippen molar-refractivity contribution in [3.05, 3.63) is 65.2 Å². The Kier molecular flexibility index (Phi) is 12.3. The highest BCUT2D eigenvalue weighted by molar-refractivity contribution is 7.89. The Morgan fingerprint density at radius 3 is 2.32 bits per heavy atom. The summed E-state index contributed by atoms with van der Waals surface area (Å²) in [6.07, 6.45) is -1.28. The first-order valence-electron chi connectivity index (χ1n) is 12.2. The largest absolute Gasteiger partial charge is 0.573 e. The number of fused-ring (bicyclic) bond motifs is 1. The molecule has 41 heavy (non-hydrogen) atoms. The van der Waals surface area contributed by atoms with Gasteiger partial charge in [-0.1, -0.05) is 18.2 Å². The van der Waals surface area contributed by atoms with Gasteiger partial charge in [0.15, 0.2) is 5.78 Å². The molecule has 5 N–H and O–H groups in total. The lowest BCUT2D eigenvalue weighted by Gasteiger charge is -2.13. The molecule has 1 aliphatic rings. The predicted molar refractivity (Wildman–Crippen MR) is 139 cm³/mol. The molecule has 0 aromatic heterocycles. The van der Waals surface area contributed by atoms with Crippen molar-refractivity contribution in [2.75, 3.05) is 19.7 Å². The molecule has 3 rings (SSSR count). The third-order valence-electron chi connectivity index (χ3n) is 5.52. The van der Waals surface area contributed by atoms with Crippen LogP contribution in [0.2, 0.25) is 0 Å². The number of nitrogens with two attached hydrogens (primary N) is 1. The fourth-order valence-electron chi connectivity index (χ4n) is 3.75. The number of carbonyl (C=O) groups excluding carboxylic acids is 1. The number of hydrogen-bond acceptors (Lipinski definition) is 8. The third kappa shape index (κ3) is 12.0. The fraction of sp³-hybridized carbons (Fsp3) is 0.346. The topological polar surface area (TPSA) is 182 Å². The molecule has 0 amide bonds. The molecule has 1 aliphatic heterocycles. The van der Waals surface area contributed by atoms with Crippen LogP contribution in [0.4, 0.5) is 13.2 Å². The molecule has 224 valence electrons. The number of ketones is 1. The summed E-state index contributed by atoms with van der Waals surface area (Å²) in [7, 11) is -4.01. The SMILES string of the molecule is NS(=O)(=O)c1cc(C(=O)CCCCNCCc2ccccc2OC(F)(F)F)cc2c1OCC2.O=C(O)/C=C\C(=O)O. The minimum Gasteiger partial charge on any atom is -0.492 e. The number of primary sulfonamides is 1. The Hall–Kier alpha value is -3.95. The zero-order valence-electron chi connectivity index (χ0n) is 21.6. The van der Waals surface area contributed by atoms with Gasteiger partial charge in [-0.2, -0.15) is 0 Å². The first-order chi connectivity index (χ1) is 19.2. The summed E-state index contributed by atoms with van der Waals surface area (Å²) in [5, 5.41) is 24.0. The van der Waals surface area contributed by atoms with Crippen molar-refractivity contribution in [1.29, 1.82) is 0 Å². The summed E-state index contributed by atoms with van der Waals surface area (Å²) >= 11 is 0. The van der Waals surface area contributed by atoms with Crippen molar-refractivity contribution in [3.63, 3.8) is 0 Å². The van der Waals surface area contributed by atoms with Gasteiger partial charge in [0.25, 0.3) is 0 Å². The van der Waals surface area contributed by atoms with Crippen molar-refractivity contribution in [2.24, 2.45) is 5.14 Å². The van der Waals surface area contributed by atoms with Gasteiger partial charge in [0.05, 0.1) is 6.61 Å². The maximum absolute atomic E-state index is 12.5. The van der Waals surface area contributed by atoms with Crippen molar-refractivity contribution < 1.29 is 55.7 Å². The van der Waals surface area contributed by atoms with Crippen molar-refractivity contribution >= 4 is 27.7 Å². The van der Waals surface area contributed by atoms with Crippen molar-refractivity contribution in [2.45, 2.75) is 43.4 Å². The monoisotopic (exact) mass is 602 g/mol. The Labute approximate surface area is 233 Å². The Balaban J connectivity index is 0.000000642. The van der Waals surface area contributed by atoms with E-state index >= 15 is 0 Å². The van der Waals surface area contributed by atoms with Crippen LogP contribution >= 0.6 is 0 Å². The molecule has 0 spiro atoms. The number of aliphatic carboxylic acids is 2. The van der Waals surface area contributed by atoms with E-state index in [1.165, 1.54) is 18.2 Å². The summed E-state index contributed by atoms with van der Waals surface area (Å²) in [5.74, 6) is -2.69. The highest BCUT2D eigenvalue weighted by Gasteiger charge is 2.32. The number of alkyl halides is 3. The number of hydrogen-bond donors (Lipinski definition) is 4. The van der Waals surface area contributed by atoms with Crippen LogP contribution < -0.4 is 19.9 Å². The van der Waals surface area contributed by atoms with Crippen LogP contribution in [0.15, 0.2) is 53.4 Å². The van der Waals surface area contributed by atoms with Gasteiger partial charge < -0.3 is 25.0 Å². The zero-order valence-corrected chi connectivity index (χ0v) is 22.5. The van der Waals surface area contributed by atoms with Gasteiger partial charge in [0.2, 0.25) is 10.0 Å². The molecule has 11 nitrogen and oxygen atoms in total. The third-order valence-corrected chi connectivity index (χ3v) is 6.44. The lowest BCUT2D eigenvalue weighted by molar-refractivity contribution is -0.274. The van der Waals surface area contributed by atoms with Crippen LogP contribution in [0.1, 0.15) is 40.7 Å². The Morgan fingerprint density at radius 1 is 1.05 bits per heavy atom. The molecule has 2 aromatic rings. The normalized spacial score (nSPS) is 12.7. The molecule has 0 saturated carbocycles. The number of nitrogens with one attached hydrogen (secondary N) is 1. The molecule has 0 saturated heterocycles. The molecule has 2 aromatic carbocycles. The fourth-order valence-corrected chi connectivity index (χ4v) is 4.49. The van der Waals surface area contributed by atoms with Crippen molar-refractivity contribution in [3.8, 4) is 11.5 Å². The van der Waals surface area contributed by atoms with E-state index in [9.17, 15) is 36.0 Å². The Morgan fingerprint density at radius 2 is 1.71 bits per heavy atom. The van der Waals surface area contributed by atoms with Gasteiger partial charge >= 0.3 is 18.3 Å². The maximum atomic E-state index is 12.5. The number of ether oxygens (including phenoxy) is 2. The van der Waals surface area contributed by atoms with E-state index in [2.05, 4.69) is 10.1 Å². The molecule has 0 bridgehead atoms. The average molecular weight is 603 g/mol. The van der Waals surface area contributed by atoms with Gasteiger partial charge in [-0.05, 0) is 61.7 Å². The van der Waals surface area contributed by atoms with Crippen LogP contribution in [0.3, 0.4) is 0 Å². The molecule has 0 unspecified atom stereocenters. The smallest absolute Gasteiger partial charge is 0.492 e. The Bertz CT molecular complexity index is 1360. The van der Waals surface area contributed by atoms with Crippen LogP contribution in [0.5, 0.6) is 11.5 Å². The number of Topliss-reactive ketones (excluding diaryl/α,β-unsaturated/α-hetero) is 1. The van der Waals surface area contributed by atoms with Crippen LogP contribution in [0, 0.1) is 0 Å². The van der Waals surface area contributed by atoms with E-state index in [0.29, 0.717) is 68.7 Å². The number of rotatable bonds is 13. The number of carboxylic acid groups (broad SMARTS) is 2. The first kappa shape index (κ1) is 33.3. The van der Waals surface area contributed by atoms with Gasteiger partial charge in [-0.25, -0.2) is 23.1 Å². The number of carboxylic acids is 2. The lowest BCUT2D eigenvalue weighted by Crippen LogP contribution is -2.21. The number of para-hydroxylation sites is 1. The number of unbranched alkanes of at least 4 members (excludes halogenated alkanes) is 1. The predicted octanol–water partition coefficient (Wildman–Crippen LogP) is 3.06. The van der Waals surface area contributed by atoms with E-state index in [0.717, 1.165) is 0 Å². The van der Waals surface area contributed by atoms with E-state index in [-0.39, 0.29) is 34.2 Å². The summed E-state index contributed by atoms with van der Waals surface area (Å²) in [5.41, 5.74) is 1.39. The summed E-state index contributed by atoms with van der Waals surface area (Å²) in [6.45, 7) is 1.37. The maximum Gasteiger partial charge on any atom is 0.573 e. The number of carbonyl (C=O) groups is 3. The van der Waals surface area contributed by atoms with Crippen LogP contribution in [-0.2, 0) is 32.5 Å². The highest BCUT2D eigenvalue weighted by Crippen LogP contribution is 2.34. The van der Waals surface area contributed by atoms with E-state index < -0.39 is 28.3 Å².